The van der Waals surface area contributed by atoms with Crippen molar-refractivity contribution in [1.29, 1.82) is 5.41 Å². The SMILES string of the molecule is Cl.N=C(N)c1ccccc1Nc1ccccc1. The van der Waals surface area contributed by atoms with Crippen molar-refractivity contribution in [3.63, 3.8) is 0 Å². The maximum Gasteiger partial charge on any atom is 0.124 e. The number of rotatable bonds is 3. The second kappa shape index (κ2) is 5.92. The van der Waals surface area contributed by atoms with Crippen LogP contribution in [0.25, 0.3) is 0 Å². The summed E-state index contributed by atoms with van der Waals surface area (Å²) in [4.78, 5) is 0. The Morgan fingerprint density at radius 2 is 1.53 bits per heavy atom. The summed E-state index contributed by atoms with van der Waals surface area (Å²) in [6.07, 6.45) is 0. The molecule has 0 aliphatic carbocycles. The molecule has 0 fully saturated rings. The summed E-state index contributed by atoms with van der Waals surface area (Å²) in [5.74, 6) is 0.0685. The van der Waals surface area contributed by atoms with Crippen molar-refractivity contribution in [2.24, 2.45) is 5.73 Å². The first-order chi connectivity index (χ1) is 7.77. The molecule has 2 rings (SSSR count). The second-order valence-electron chi connectivity index (χ2n) is 3.45. The van der Waals surface area contributed by atoms with Crippen molar-refractivity contribution in [3.8, 4) is 0 Å². The summed E-state index contributed by atoms with van der Waals surface area (Å²) in [6.45, 7) is 0. The van der Waals surface area contributed by atoms with E-state index in [-0.39, 0.29) is 18.2 Å². The Kier molecular flexibility index (Phi) is 4.55. The van der Waals surface area contributed by atoms with E-state index in [4.69, 9.17) is 11.1 Å². The van der Waals surface area contributed by atoms with Gasteiger partial charge in [0.05, 0.1) is 0 Å². The van der Waals surface area contributed by atoms with Crippen LogP contribution in [0, 0.1) is 5.41 Å². The van der Waals surface area contributed by atoms with Gasteiger partial charge in [0.25, 0.3) is 0 Å². The number of anilines is 2. The largest absolute Gasteiger partial charge is 0.384 e. The van der Waals surface area contributed by atoms with Gasteiger partial charge in [-0.1, -0.05) is 30.3 Å². The topological polar surface area (TPSA) is 61.9 Å². The van der Waals surface area contributed by atoms with E-state index in [1.165, 1.54) is 0 Å². The molecule has 17 heavy (non-hydrogen) atoms. The zero-order valence-corrected chi connectivity index (χ0v) is 10.00. The van der Waals surface area contributed by atoms with E-state index in [2.05, 4.69) is 5.32 Å². The fourth-order valence-corrected chi connectivity index (χ4v) is 1.50. The van der Waals surface area contributed by atoms with Crippen molar-refractivity contribution < 1.29 is 0 Å². The molecule has 3 nitrogen and oxygen atoms in total. The highest BCUT2D eigenvalue weighted by molar-refractivity contribution is 6.00. The summed E-state index contributed by atoms with van der Waals surface area (Å²) in [7, 11) is 0. The molecule has 2 aromatic rings. The van der Waals surface area contributed by atoms with Crippen LogP contribution in [0.3, 0.4) is 0 Å². The van der Waals surface area contributed by atoms with Crippen molar-refractivity contribution >= 4 is 29.6 Å². The molecule has 0 amide bonds. The minimum Gasteiger partial charge on any atom is -0.384 e. The number of hydrogen-bond donors (Lipinski definition) is 3. The number of halogens is 1. The van der Waals surface area contributed by atoms with Gasteiger partial charge in [-0.25, -0.2) is 0 Å². The fraction of sp³-hybridized carbons (Fsp3) is 0. The van der Waals surface area contributed by atoms with Gasteiger partial charge in [-0.15, -0.1) is 12.4 Å². The molecule has 0 radical (unpaired) electrons. The molecule has 0 atom stereocenters. The minimum atomic E-state index is 0. The number of nitrogen functional groups attached to an aromatic ring is 1. The van der Waals surface area contributed by atoms with Crippen LogP contribution in [-0.4, -0.2) is 5.84 Å². The van der Waals surface area contributed by atoms with Crippen LogP contribution < -0.4 is 11.1 Å². The lowest BCUT2D eigenvalue weighted by atomic mass is 10.1. The molecule has 0 spiro atoms. The standard InChI is InChI=1S/C13H13N3.ClH/c14-13(15)11-8-4-5-9-12(11)16-10-6-2-1-3-7-10;/h1-9,16H,(H3,14,15);1H. The Labute approximate surface area is 107 Å². The Morgan fingerprint density at radius 3 is 2.18 bits per heavy atom. The van der Waals surface area contributed by atoms with E-state index in [9.17, 15) is 0 Å². The number of nitrogens with one attached hydrogen (secondary N) is 2. The minimum absolute atomic E-state index is 0. The lowest BCUT2D eigenvalue weighted by Crippen LogP contribution is -2.13. The molecule has 0 heterocycles. The van der Waals surface area contributed by atoms with Gasteiger partial charge < -0.3 is 11.1 Å². The van der Waals surface area contributed by atoms with Crippen LogP contribution in [0.5, 0.6) is 0 Å². The summed E-state index contributed by atoms with van der Waals surface area (Å²) in [6, 6.07) is 17.3. The Hall–Kier alpha value is -2.00. The molecule has 0 bridgehead atoms. The van der Waals surface area contributed by atoms with Crippen LogP contribution in [0.2, 0.25) is 0 Å². The summed E-state index contributed by atoms with van der Waals surface area (Å²) < 4.78 is 0. The number of para-hydroxylation sites is 2. The van der Waals surface area contributed by atoms with Crippen LogP contribution in [0.4, 0.5) is 11.4 Å². The molecule has 0 saturated carbocycles. The first-order valence-corrected chi connectivity index (χ1v) is 5.03. The molecule has 0 aromatic heterocycles. The first kappa shape index (κ1) is 13.1. The zero-order valence-electron chi connectivity index (χ0n) is 9.18. The smallest absolute Gasteiger partial charge is 0.124 e. The average molecular weight is 248 g/mol. The van der Waals surface area contributed by atoms with Crippen molar-refractivity contribution in [3.05, 3.63) is 60.2 Å². The number of benzene rings is 2. The molecule has 4 N–H and O–H groups in total. The van der Waals surface area contributed by atoms with Crippen LogP contribution in [0.1, 0.15) is 5.56 Å². The first-order valence-electron chi connectivity index (χ1n) is 5.03. The van der Waals surface area contributed by atoms with Crippen LogP contribution in [-0.2, 0) is 0 Å². The van der Waals surface area contributed by atoms with Crippen molar-refractivity contribution in [1.82, 2.24) is 0 Å². The number of amidine groups is 1. The highest BCUT2D eigenvalue weighted by Crippen LogP contribution is 2.19. The van der Waals surface area contributed by atoms with E-state index in [1.807, 2.05) is 54.6 Å². The van der Waals surface area contributed by atoms with Crippen LogP contribution >= 0.6 is 12.4 Å². The van der Waals surface area contributed by atoms with Gasteiger partial charge >= 0.3 is 0 Å². The normalized spacial score (nSPS) is 9.18. The number of hydrogen-bond acceptors (Lipinski definition) is 2. The van der Waals surface area contributed by atoms with E-state index < -0.39 is 0 Å². The molecule has 4 heteroatoms. The van der Waals surface area contributed by atoms with Gasteiger partial charge in [0.1, 0.15) is 5.84 Å². The van der Waals surface area contributed by atoms with Crippen molar-refractivity contribution in [2.75, 3.05) is 5.32 Å². The molecule has 88 valence electrons. The summed E-state index contributed by atoms with van der Waals surface area (Å²) >= 11 is 0. The second-order valence-corrected chi connectivity index (χ2v) is 3.45. The summed E-state index contributed by atoms with van der Waals surface area (Å²) in [5, 5.41) is 10.7. The Balaban J connectivity index is 0.00000144. The van der Waals surface area contributed by atoms with Gasteiger partial charge in [0.2, 0.25) is 0 Å². The fourth-order valence-electron chi connectivity index (χ4n) is 1.50. The van der Waals surface area contributed by atoms with Gasteiger partial charge in [0.15, 0.2) is 0 Å². The molecule has 0 aliphatic rings. The van der Waals surface area contributed by atoms with Gasteiger partial charge in [-0.2, -0.15) is 0 Å². The third kappa shape index (κ3) is 3.23. The molecular formula is C13H14ClN3. The van der Waals surface area contributed by atoms with E-state index in [0.29, 0.717) is 5.56 Å². The van der Waals surface area contributed by atoms with Gasteiger partial charge in [0, 0.05) is 16.9 Å². The monoisotopic (exact) mass is 247 g/mol. The molecule has 0 aliphatic heterocycles. The zero-order chi connectivity index (χ0) is 11.4. The molecule has 0 saturated heterocycles. The quantitative estimate of drug-likeness (QED) is 0.576. The van der Waals surface area contributed by atoms with E-state index in [1.54, 1.807) is 0 Å². The maximum atomic E-state index is 7.48. The highest BCUT2D eigenvalue weighted by atomic mass is 35.5. The molecular weight excluding hydrogens is 234 g/mol. The molecule has 0 unspecified atom stereocenters. The van der Waals surface area contributed by atoms with Gasteiger partial charge in [-0.3, -0.25) is 5.41 Å². The van der Waals surface area contributed by atoms with E-state index >= 15 is 0 Å². The highest BCUT2D eigenvalue weighted by Gasteiger charge is 2.03. The third-order valence-electron chi connectivity index (χ3n) is 2.27. The Bertz CT molecular complexity index is 497. The molecule has 2 aromatic carbocycles. The van der Waals surface area contributed by atoms with Crippen LogP contribution in [0.15, 0.2) is 54.6 Å². The Morgan fingerprint density at radius 1 is 0.941 bits per heavy atom. The van der Waals surface area contributed by atoms with E-state index in [0.717, 1.165) is 11.4 Å². The average Bonchev–Trinajstić information content (AvgIpc) is 2.31. The predicted molar refractivity (Wildman–Crippen MR) is 74.4 cm³/mol. The third-order valence-corrected chi connectivity index (χ3v) is 2.27. The predicted octanol–water partition coefficient (Wildman–Crippen LogP) is 3.14. The lowest BCUT2D eigenvalue weighted by Gasteiger charge is -2.10. The maximum absolute atomic E-state index is 7.48. The number of nitrogens with two attached hydrogens (primary N) is 1. The van der Waals surface area contributed by atoms with Gasteiger partial charge in [-0.05, 0) is 24.3 Å². The van der Waals surface area contributed by atoms with Crippen molar-refractivity contribution in [2.45, 2.75) is 0 Å². The summed E-state index contributed by atoms with van der Waals surface area (Å²) in [5.41, 5.74) is 8.06. The lowest BCUT2D eigenvalue weighted by molar-refractivity contribution is 1.41.